The Kier molecular flexibility index (Phi) is 4.54. The van der Waals surface area contributed by atoms with E-state index < -0.39 is 0 Å². The third-order valence-electron chi connectivity index (χ3n) is 3.04. The smallest absolute Gasteiger partial charge is 0.107 e. The number of nitrogens with one attached hydrogen (secondary N) is 1. The summed E-state index contributed by atoms with van der Waals surface area (Å²) in [4.78, 5) is 6.10. The highest BCUT2D eigenvalue weighted by atomic mass is 32.1. The third kappa shape index (κ3) is 3.76. The van der Waals surface area contributed by atoms with Gasteiger partial charge >= 0.3 is 0 Å². The molecule has 0 spiro atoms. The zero-order chi connectivity index (χ0) is 12.3. The Morgan fingerprint density at radius 1 is 1.41 bits per heavy atom. The van der Waals surface area contributed by atoms with Crippen LogP contribution in [-0.2, 0) is 19.4 Å². The molecule has 0 aliphatic heterocycles. The maximum atomic E-state index is 9.74. The first-order valence-corrected chi connectivity index (χ1v) is 7.33. The van der Waals surface area contributed by atoms with Crippen LogP contribution >= 0.6 is 11.3 Å². The average Bonchev–Trinajstić information content (AvgIpc) is 2.76. The molecule has 96 valence electrons. The molecule has 1 aromatic rings. The summed E-state index contributed by atoms with van der Waals surface area (Å²) in [5, 5.41) is 14.2. The molecule has 0 aromatic carbocycles. The molecular formula is C13H22N2OS. The maximum Gasteiger partial charge on any atom is 0.107 e. The van der Waals surface area contributed by atoms with E-state index in [0.29, 0.717) is 12.5 Å². The van der Waals surface area contributed by atoms with E-state index in [9.17, 15) is 5.11 Å². The molecule has 17 heavy (non-hydrogen) atoms. The molecule has 1 atom stereocenters. The zero-order valence-corrected chi connectivity index (χ0v) is 11.5. The van der Waals surface area contributed by atoms with Crippen molar-refractivity contribution >= 4 is 11.3 Å². The fraction of sp³-hybridized carbons (Fsp3) is 0.769. The molecule has 0 amide bonds. The van der Waals surface area contributed by atoms with Crippen LogP contribution < -0.4 is 5.32 Å². The Labute approximate surface area is 107 Å². The number of aryl methyl sites for hydroxylation is 2. The summed E-state index contributed by atoms with van der Waals surface area (Å²) in [6, 6.07) is 0. The number of nitrogens with zero attached hydrogens (tertiary/aromatic N) is 1. The van der Waals surface area contributed by atoms with E-state index in [4.69, 9.17) is 0 Å². The van der Waals surface area contributed by atoms with Gasteiger partial charge in [-0.2, -0.15) is 0 Å². The largest absolute Gasteiger partial charge is 0.392 e. The lowest BCUT2D eigenvalue weighted by Crippen LogP contribution is -2.27. The van der Waals surface area contributed by atoms with Crippen molar-refractivity contribution < 1.29 is 5.11 Å². The number of fused-ring (bicyclic) bond motifs is 1. The number of hydrogen-bond acceptors (Lipinski definition) is 4. The first-order valence-electron chi connectivity index (χ1n) is 6.51. The second kappa shape index (κ2) is 5.94. The summed E-state index contributed by atoms with van der Waals surface area (Å²) >= 11 is 1.83. The Bertz CT molecular complexity index is 341. The van der Waals surface area contributed by atoms with Crippen LogP contribution in [-0.4, -0.2) is 22.7 Å². The van der Waals surface area contributed by atoms with Gasteiger partial charge in [0.25, 0.3) is 0 Å². The minimum Gasteiger partial charge on any atom is -0.392 e. The normalized spacial score (nSPS) is 16.5. The van der Waals surface area contributed by atoms with E-state index >= 15 is 0 Å². The minimum absolute atomic E-state index is 0.234. The van der Waals surface area contributed by atoms with Crippen LogP contribution in [0.2, 0.25) is 0 Å². The van der Waals surface area contributed by atoms with Crippen LogP contribution in [0.4, 0.5) is 0 Å². The molecule has 2 N–H and O–H groups in total. The van der Waals surface area contributed by atoms with Gasteiger partial charge in [0.2, 0.25) is 0 Å². The number of aliphatic hydroxyl groups is 1. The first-order chi connectivity index (χ1) is 8.15. The number of aromatic nitrogens is 1. The summed E-state index contributed by atoms with van der Waals surface area (Å²) in [7, 11) is 0. The van der Waals surface area contributed by atoms with E-state index in [-0.39, 0.29) is 6.10 Å². The van der Waals surface area contributed by atoms with Crippen LogP contribution in [0.1, 0.15) is 42.3 Å². The monoisotopic (exact) mass is 254 g/mol. The number of aliphatic hydroxyl groups excluding tert-OH is 1. The molecule has 4 heteroatoms. The molecule has 0 fully saturated rings. The molecule has 2 rings (SSSR count). The van der Waals surface area contributed by atoms with Gasteiger partial charge in [-0.05, 0) is 31.6 Å². The van der Waals surface area contributed by atoms with Crippen LogP contribution in [0.3, 0.4) is 0 Å². The SMILES string of the molecule is CC(C)CC(O)CNCc1nc2c(s1)CCC2. The second-order valence-electron chi connectivity index (χ2n) is 5.25. The summed E-state index contributed by atoms with van der Waals surface area (Å²) in [6.45, 7) is 5.73. The van der Waals surface area contributed by atoms with Crippen molar-refractivity contribution in [2.75, 3.05) is 6.54 Å². The molecule has 0 bridgehead atoms. The van der Waals surface area contributed by atoms with Crippen LogP contribution in [0, 0.1) is 5.92 Å². The molecule has 3 nitrogen and oxygen atoms in total. The second-order valence-corrected chi connectivity index (χ2v) is 6.41. The van der Waals surface area contributed by atoms with Crippen molar-refractivity contribution in [2.45, 2.75) is 52.2 Å². The van der Waals surface area contributed by atoms with E-state index in [0.717, 1.165) is 19.4 Å². The topological polar surface area (TPSA) is 45.1 Å². The standard InChI is InChI=1S/C13H22N2OS/c1-9(2)6-10(16)7-14-8-13-15-11-4-3-5-12(11)17-13/h9-10,14,16H,3-8H2,1-2H3. The van der Waals surface area contributed by atoms with Crippen LogP contribution in [0.15, 0.2) is 0 Å². The maximum absolute atomic E-state index is 9.74. The highest BCUT2D eigenvalue weighted by Crippen LogP contribution is 2.27. The Hall–Kier alpha value is -0.450. The van der Waals surface area contributed by atoms with Gasteiger partial charge in [-0.15, -0.1) is 11.3 Å². The van der Waals surface area contributed by atoms with Crippen LogP contribution in [0.25, 0.3) is 0 Å². The molecule has 1 heterocycles. The van der Waals surface area contributed by atoms with Gasteiger partial charge < -0.3 is 10.4 Å². The van der Waals surface area contributed by atoms with Gasteiger partial charge in [0.1, 0.15) is 5.01 Å². The van der Waals surface area contributed by atoms with Crippen molar-refractivity contribution in [1.82, 2.24) is 10.3 Å². The van der Waals surface area contributed by atoms with Crippen molar-refractivity contribution in [3.05, 3.63) is 15.6 Å². The molecule has 1 unspecified atom stereocenters. The van der Waals surface area contributed by atoms with Crippen molar-refractivity contribution in [1.29, 1.82) is 0 Å². The van der Waals surface area contributed by atoms with Gasteiger partial charge in [-0.25, -0.2) is 4.98 Å². The molecule has 0 saturated carbocycles. The fourth-order valence-corrected chi connectivity index (χ4v) is 3.42. The van der Waals surface area contributed by atoms with E-state index in [1.807, 2.05) is 11.3 Å². The highest BCUT2D eigenvalue weighted by molar-refractivity contribution is 7.11. The number of rotatable bonds is 6. The predicted molar refractivity (Wildman–Crippen MR) is 71.3 cm³/mol. The minimum atomic E-state index is -0.234. The Balaban J connectivity index is 1.71. The van der Waals surface area contributed by atoms with E-state index in [2.05, 4.69) is 24.1 Å². The van der Waals surface area contributed by atoms with Gasteiger partial charge in [0, 0.05) is 18.0 Å². The highest BCUT2D eigenvalue weighted by Gasteiger charge is 2.16. The van der Waals surface area contributed by atoms with Gasteiger partial charge in [-0.1, -0.05) is 13.8 Å². The number of hydrogen-bond donors (Lipinski definition) is 2. The molecule has 1 aliphatic rings. The lowest BCUT2D eigenvalue weighted by molar-refractivity contribution is 0.146. The van der Waals surface area contributed by atoms with Crippen LogP contribution in [0.5, 0.6) is 0 Å². The predicted octanol–water partition coefficient (Wildman–Crippen LogP) is 2.13. The molecule has 1 aliphatic carbocycles. The molecule has 1 aromatic heterocycles. The summed E-state index contributed by atoms with van der Waals surface area (Å²) in [5.74, 6) is 0.551. The molecular weight excluding hydrogens is 232 g/mol. The van der Waals surface area contributed by atoms with Gasteiger partial charge in [0.15, 0.2) is 0 Å². The van der Waals surface area contributed by atoms with E-state index in [1.54, 1.807) is 0 Å². The van der Waals surface area contributed by atoms with Crippen molar-refractivity contribution in [3.8, 4) is 0 Å². The first kappa shape index (κ1) is 13.0. The quantitative estimate of drug-likeness (QED) is 0.817. The third-order valence-corrected chi connectivity index (χ3v) is 4.20. The lowest BCUT2D eigenvalue weighted by atomic mass is 10.1. The summed E-state index contributed by atoms with van der Waals surface area (Å²) in [5.41, 5.74) is 1.31. The zero-order valence-electron chi connectivity index (χ0n) is 10.7. The Morgan fingerprint density at radius 2 is 2.24 bits per heavy atom. The van der Waals surface area contributed by atoms with Crippen molar-refractivity contribution in [3.63, 3.8) is 0 Å². The fourth-order valence-electron chi connectivity index (χ4n) is 2.29. The Morgan fingerprint density at radius 3 is 2.94 bits per heavy atom. The summed E-state index contributed by atoms with van der Waals surface area (Å²) in [6.07, 6.45) is 4.27. The average molecular weight is 254 g/mol. The lowest BCUT2D eigenvalue weighted by Gasteiger charge is -2.13. The van der Waals surface area contributed by atoms with Crippen molar-refractivity contribution in [2.24, 2.45) is 5.92 Å². The summed E-state index contributed by atoms with van der Waals surface area (Å²) < 4.78 is 0. The van der Waals surface area contributed by atoms with E-state index in [1.165, 1.54) is 28.4 Å². The molecule has 0 saturated heterocycles. The molecule has 0 radical (unpaired) electrons. The van der Waals surface area contributed by atoms with Gasteiger partial charge in [-0.3, -0.25) is 0 Å². The van der Waals surface area contributed by atoms with Gasteiger partial charge in [0.05, 0.1) is 11.8 Å². The number of thiazole rings is 1.